The van der Waals surface area contributed by atoms with Gasteiger partial charge in [0, 0.05) is 12.2 Å². The normalized spacial score (nSPS) is 10.5. The Labute approximate surface area is 207 Å². The van der Waals surface area contributed by atoms with Gasteiger partial charge in [0.2, 0.25) is 0 Å². The molecule has 0 atom stereocenters. The van der Waals surface area contributed by atoms with E-state index in [1.807, 2.05) is 19.1 Å². The molecule has 3 N–H and O–H groups in total. The van der Waals surface area contributed by atoms with Crippen molar-refractivity contribution in [2.75, 3.05) is 16.0 Å². The number of nitriles is 1. The second-order valence-electron chi connectivity index (χ2n) is 8.27. The van der Waals surface area contributed by atoms with E-state index >= 15 is 0 Å². The molecule has 8 heteroatoms. The molecule has 6 nitrogen and oxygen atoms in total. The Bertz CT molecular complexity index is 1420. The van der Waals surface area contributed by atoms with Crippen LogP contribution in [0, 0.1) is 37.9 Å². The number of nitrogens with one attached hydrogen (secondary N) is 3. The number of halogens is 1. The number of amides is 2. The number of aryl methyl sites for hydroxylation is 3. The number of carbonyl (C=O) groups is 1. The van der Waals surface area contributed by atoms with Crippen LogP contribution in [0.3, 0.4) is 0 Å². The Morgan fingerprint density at radius 1 is 1.00 bits per heavy atom. The number of carbonyl (C=O) groups excluding carboxylic acids is 1. The molecule has 3 aromatic carbocycles. The second-order valence-corrected chi connectivity index (χ2v) is 9.04. The van der Waals surface area contributed by atoms with E-state index in [9.17, 15) is 14.4 Å². The molecule has 0 bridgehead atoms. The molecule has 0 saturated carbocycles. The van der Waals surface area contributed by atoms with Gasteiger partial charge in [-0.25, -0.2) is 9.18 Å². The number of hydrogen-bond donors (Lipinski definition) is 3. The molecule has 4 aromatic rings. The van der Waals surface area contributed by atoms with E-state index in [1.165, 1.54) is 28.7 Å². The highest BCUT2D eigenvalue weighted by Crippen LogP contribution is 2.33. The fourth-order valence-electron chi connectivity index (χ4n) is 3.66. The van der Waals surface area contributed by atoms with Gasteiger partial charge in [0.1, 0.15) is 17.4 Å². The largest absolute Gasteiger partial charge is 0.364 e. The zero-order valence-corrected chi connectivity index (χ0v) is 20.4. The van der Waals surface area contributed by atoms with Gasteiger partial charge in [-0.15, -0.1) is 0 Å². The van der Waals surface area contributed by atoms with Crippen molar-refractivity contribution in [2.24, 2.45) is 0 Å². The van der Waals surface area contributed by atoms with Crippen LogP contribution in [-0.2, 0) is 6.54 Å². The molecule has 0 aliphatic rings. The number of anilines is 3. The number of aromatic nitrogens is 1. The van der Waals surface area contributed by atoms with Crippen LogP contribution in [0.25, 0.3) is 10.4 Å². The maximum atomic E-state index is 13.9. The Morgan fingerprint density at radius 2 is 1.71 bits per heavy atom. The van der Waals surface area contributed by atoms with Crippen LogP contribution < -0.4 is 16.0 Å². The van der Waals surface area contributed by atoms with Crippen LogP contribution >= 0.6 is 11.5 Å². The van der Waals surface area contributed by atoms with Crippen LogP contribution in [0.1, 0.15) is 27.8 Å². The molecule has 1 heterocycles. The molecule has 0 radical (unpaired) electrons. The molecule has 1 aromatic heterocycles. The number of rotatable bonds is 6. The van der Waals surface area contributed by atoms with Gasteiger partial charge < -0.3 is 16.0 Å². The highest BCUT2D eigenvalue weighted by atomic mass is 32.1. The summed E-state index contributed by atoms with van der Waals surface area (Å²) in [7, 11) is 0. The van der Waals surface area contributed by atoms with Gasteiger partial charge in [-0.3, -0.25) is 0 Å². The number of urea groups is 1. The first kappa shape index (κ1) is 23.9. The molecule has 0 unspecified atom stereocenters. The van der Waals surface area contributed by atoms with Gasteiger partial charge in [-0.1, -0.05) is 42.0 Å². The highest BCUT2D eigenvalue weighted by molar-refractivity contribution is 7.10. The lowest BCUT2D eigenvalue weighted by Gasteiger charge is -2.10. The molecule has 2 amide bonds. The Hall–Kier alpha value is -4.22. The molecule has 35 heavy (non-hydrogen) atoms. The van der Waals surface area contributed by atoms with Crippen molar-refractivity contribution in [3.63, 3.8) is 0 Å². The number of nitrogens with zero attached hydrogens (tertiary/aromatic N) is 2. The quantitative estimate of drug-likeness (QED) is 0.274. The molecule has 0 aliphatic heterocycles. The average Bonchev–Trinajstić information content (AvgIpc) is 3.24. The standard InChI is InChI=1S/C27H24FN5OS/c1-16-4-6-20(18(3)12-16)15-30-26-22(14-29)25(35-33-26)19-7-9-21(10-8-19)31-27(34)32-24-13-17(2)5-11-23(24)28/h4-13H,15H2,1-3H3,(H,30,33)(H2,31,32,34). The lowest BCUT2D eigenvalue weighted by atomic mass is 10.1. The fourth-order valence-corrected chi connectivity index (χ4v) is 4.47. The monoisotopic (exact) mass is 485 g/mol. The number of hydrogen-bond acceptors (Lipinski definition) is 5. The van der Waals surface area contributed by atoms with Crippen molar-refractivity contribution in [3.05, 3.63) is 94.3 Å². The predicted molar refractivity (Wildman–Crippen MR) is 139 cm³/mol. The maximum absolute atomic E-state index is 13.9. The van der Waals surface area contributed by atoms with Crippen LogP contribution in [0.4, 0.5) is 26.4 Å². The van der Waals surface area contributed by atoms with Crippen LogP contribution in [0.5, 0.6) is 0 Å². The minimum absolute atomic E-state index is 0.114. The van der Waals surface area contributed by atoms with Crippen molar-refractivity contribution in [3.8, 4) is 16.5 Å². The Morgan fingerprint density at radius 3 is 2.43 bits per heavy atom. The SMILES string of the molecule is Cc1ccc(CNc2nsc(-c3ccc(NC(=O)Nc4cc(C)ccc4F)cc3)c2C#N)c(C)c1. The third kappa shape index (κ3) is 5.65. The third-order valence-electron chi connectivity index (χ3n) is 5.52. The van der Waals surface area contributed by atoms with Gasteiger partial charge in [0.05, 0.1) is 10.6 Å². The maximum Gasteiger partial charge on any atom is 0.323 e. The van der Waals surface area contributed by atoms with Gasteiger partial charge in [0.15, 0.2) is 5.82 Å². The summed E-state index contributed by atoms with van der Waals surface area (Å²) in [6, 6.07) is 19.6. The molecule has 0 spiro atoms. The van der Waals surface area contributed by atoms with Gasteiger partial charge in [-0.05, 0) is 78.8 Å². The summed E-state index contributed by atoms with van der Waals surface area (Å²) in [6.07, 6.45) is 0. The van der Waals surface area contributed by atoms with Crippen LogP contribution in [0.15, 0.2) is 60.7 Å². The van der Waals surface area contributed by atoms with Crippen LogP contribution in [0.2, 0.25) is 0 Å². The first-order valence-corrected chi connectivity index (χ1v) is 11.8. The van der Waals surface area contributed by atoms with Crippen LogP contribution in [-0.4, -0.2) is 10.4 Å². The number of benzene rings is 3. The van der Waals surface area contributed by atoms with E-state index in [4.69, 9.17) is 0 Å². The second kappa shape index (κ2) is 10.4. The predicted octanol–water partition coefficient (Wildman–Crippen LogP) is 7.00. The van der Waals surface area contributed by atoms with E-state index in [-0.39, 0.29) is 5.69 Å². The highest BCUT2D eigenvalue weighted by Gasteiger charge is 2.16. The summed E-state index contributed by atoms with van der Waals surface area (Å²) in [5, 5.41) is 18.3. The minimum atomic E-state index is -0.546. The van der Waals surface area contributed by atoms with E-state index in [2.05, 4.69) is 58.4 Å². The summed E-state index contributed by atoms with van der Waals surface area (Å²) in [5.74, 6) is 0.0477. The van der Waals surface area contributed by atoms with Crippen molar-refractivity contribution >= 4 is 34.8 Å². The van der Waals surface area contributed by atoms with E-state index in [0.717, 1.165) is 21.6 Å². The van der Waals surface area contributed by atoms with Gasteiger partial charge in [-0.2, -0.15) is 9.64 Å². The molecule has 176 valence electrons. The summed E-state index contributed by atoms with van der Waals surface area (Å²) in [4.78, 5) is 13.0. The minimum Gasteiger partial charge on any atom is -0.364 e. The van der Waals surface area contributed by atoms with Crippen molar-refractivity contribution in [1.29, 1.82) is 5.26 Å². The molecule has 0 saturated heterocycles. The average molecular weight is 486 g/mol. The van der Waals surface area contributed by atoms with Crippen molar-refractivity contribution < 1.29 is 9.18 Å². The van der Waals surface area contributed by atoms with E-state index in [1.54, 1.807) is 24.3 Å². The lowest BCUT2D eigenvalue weighted by molar-refractivity contribution is 0.262. The van der Waals surface area contributed by atoms with Gasteiger partial charge >= 0.3 is 6.03 Å². The summed E-state index contributed by atoms with van der Waals surface area (Å²) < 4.78 is 18.3. The molecular weight excluding hydrogens is 461 g/mol. The molecule has 0 aliphatic carbocycles. The molecular formula is C27H24FN5OS. The summed E-state index contributed by atoms with van der Waals surface area (Å²) >= 11 is 1.24. The molecule has 0 fully saturated rings. The third-order valence-corrected chi connectivity index (χ3v) is 6.42. The lowest BCUT2D eigenvalue weighted by Crippen LogP contribution is -2.20. The van der Waals surface area contributed by atoms with E-state index in [0.29, 0.717) is 23.6 Å². The smallest absolute Gasteiger partial charge is 0.323 e. The first-order valence-electron chi connectivity index (χ1n) is 11.0. The van der Waals surface area contributed by atoms with Crippen molar-refractivity contribution in [1.82, 2.24) is 4.37 Å². The molecule has 4 rings (SSSR count). The fraction of sp³-hybridized carbons (Fsp3) is 0.148. The Kier molecular flexibility index (Phi) is 7.09. The zero-order chi connectivity index (χ0) is 24.9. The van der Waals surface area contributed by atoms with E-state index < -0.39 is 11.8 Å². The van der Waals surface area contributed by atoms with Gasteiger partial charge in [0.25, 0.3) is 0 Å². The summed E-state index contributed by atoms with van der Waals surface area (Å²) in [5.41, 5.74) is 6.32. The summed E-state index contributed by atoms with van der Waals surface area (Å²) in [6.45, 7) is 6.51. The topological polar surface area (TPSA) is 89.8 Å². The Balaban J connectivity index is 1.44. The first-order chi connectivity index (χ1) is 16.8. The van der Waals surface area contributed by atoms with Crippen molar-refractivity contribution in [2.45, 2.75) is 27.3 Å². The zero-order valence-electron chi connectivity index (χ0n) is 19.6.